The first-order valence-corrected chi connectivity index (χ1v) is 6.35. The lowest BCUT2D eigenvalue weighted by atomic mass is 9.87. The van der Waals surface area contributed by atoms with Gasteiger partial charge in [0.2, 0.25) is 0 Å². The van der Waals surface area contributed by atoms with Crippen LogP contribution in [0.25, 0.3) is 0 Å². The second kappa shape index (κ2) is 6.48. The molecule has 0 aromatic heterocycles. The van der Waals surface area contributed by atoms with Gasteiger partial charge in [-0.1, -0.05) is 32.6 Å². The van der Waals surface area contributed by atoms with Gasteiger partial charge < -0.3 is 5.32 Å². The van der Waals surface area contributed by atoms with Crippen LogP contribution in [-0.4, -0.2) is 18.8 Å². The summed E-state index contributed by atoms with van der Waals surface area (Å²) in [6.45, 7) is 2.85. The minimum Gasteiger partial charge on any atom is -0.313 e. The number of rotatable bonds is 5. The van der Waals surface area contributed by atoms with Gasteiger partial charge in [0.25, 0.3) is 0 Å². The largest absolute Gasteiger partial charge is 0.393 e. The molecule has 1 aliphatic rings. The number of alkyl halides is 3. The van der Waals surface area contributed by atoms with Gasteiger partial charge in [0, 0.05) is 6.04 Å². The van der Waals surface area contributed by atoms with Crippen LogP contribution in [0.3, 0.4) is 0 Å². The summed E-state index contributed by atoms with van der Waals surface area (Å²) in [5, 5.41) is 3.03. The van der Waals surface area contributed by atoms with Crippen molar-refractivity contribution in [2.75, 3.05) is 6.54 Å². The Labute approximate surface area is 95.8 Å². The number of hydrogen-bond acceptors (Lipinski definition) is 1. The van der Waals surface area contributed by atoms with E-state index in [1.165, 1.54) is 0 Å². The van der Waals surface area contributed by atoms with Crippen LogP contribution in [0.5, 0.6) is 0 Å². The molecule has 1 N–H and O–H groups in total. The fourth-order valence-electron chi connectivity index (χ4n) is 2.44. The first-order valence-electron chi connectivity index (χ1n) is 6.35. The Bertz CT molecular complexity index is 191. The van der Waals surface area contributed by atoms with Crippen molar-refractivity contribution in [1.82, 2.24) is 5.32 Å². The fourth-order valence-corrected chi connectivity index (χ4v) is 2.44. The molecule has 96 valence electrons. The number of hydrogen-bond donors (Lipinski definition) is 1. The van der Waals surface area contributed by atoms with Crippen molar-refractivity contribution >= 4 is 0 Å². The third kappa shape index (κ3) is 4.32. The van der Waals surface area contributed by atoms with Crippen molar-refractivity contribution in [3.63, 3.8) is 0 Å². The monoisotopic (exact) mass is 237 g/mol. The lowest BCUT2D eigenvalue weighted by molar-refractivity contribution is -0.188. The smallest absolute Gasteiger partial charge is 0.313 e. The van der Waals surface area contributed by atoms with E-state index in [0.717, 1.165) is 32.2 Å². The molecule has 16 heavy (non-hydrogen) atoms. The maximum absolute atomic E-state index is 12.7. The second-order valence-electron chi connectivity index (χ2n) is 4.70. The zero-order valence-electron chi connectivity index (χ0n) is 9.95. The molecule has 1 nitrogen and oxygen atoms in total. The number of piperidine rings is 1. The molecule has 1 fully saturated rings. The normalized spacial score (nSPS) is 27.0. The van der Waals surface area contributed by atoms with Crippen molar-refractivity contribution in [2.24, 2.45) is 5.92 Å². The summed E-state index contributed by atoms with van der Waals surface area (Å²) in [7, 11) is 0. The average Bonchev–Trinajstić information content (AvgIpc) is 2.24. The van der Waals surface area contributed by atoms with Crippen LogP contribution in [0.2, 0.25) is 0 Å². The summed E-state index contributed by atoms with van der Waals surface area (Å²) in [6.07, 6.45) is 1.82. The Morgan fingerprint density at radius 2 is 1.94 bits per heavy atom. The number of nitrogens with one attached hydrogen (secondary N) is 1. The Morgan fingerprint density at radius 1 is 1.19 bits per heavy atom. The van der Waals surface area contributed by atoms with Crippen LogP contribution in [0.4, 0.5) is 13.2 Å². The minimum absolute atomic E-state index is 0.301. The summed E-state index contributed by atoms with van der Waals surface area (Å²) in [5.41, 5.74) is 0. The number of halogens is 3. The highest BCUT2D eigenvalue weighted by atomic mass is 19.4. The summed E-state index contributed by atoms with van der Waals surface area (Å²) in [5.74, 6) is -1.12. The summed E-state index contributed by atoms with van der Waals surface area (Å²) < 4.78 is 38.2. The predicted octanol–water partition coefficient (Wildman–Crippen LogP) is 3.89. The van der Waals surface area contributed by atoms with E-state index in [0.29, 0.717) is 19.3 Å². The van der Waals surface area contributed by atoms with E-state index in [1.807, 2.05) is 0 Å². The van der Waals surface area contributed by atoms with Crippen LogP contribution in [0, 0.1) is 5.92 Å². The van der Waals surface area contributed by atoms with Gasteiger partial charge in [0.15, 0.2) is 0 Å². The molecule has 1 rings (SSSR count). The molecule has 0 bridgehead atoms. The molecule has 4 heteroatoms. The van der Waals surface area contributed by atoms with Crippen LogP contribution < -0.4 is 5.32 Å². The third-order valence-corrected chi connectivity index (χ3v) is 3.37. The van der Waals surface area contributed by atoms with E-state index in [2.05, 4.69) is 12.2 Å². The van der Waals surface area contributed by atoms with E-state index in [9.17, 15) is 13.2 Å². The average molecular weight is 237 g/mol. The van der Waals surface area contributed by atoms with Gasteiger partial charge >= 0.3 is 6.18 Å². The Kier molecular flexibility index (Phi) is 5.59. The predicted molar refractivity (Wildman–Crippen MR) is 59.3 cm³/mol. The molecule has 0 saturated carbocycles. The Hall–Kier alpha value is -0.250. The molecule has 2 unspecified atom stereocenters. The van der Waals surface area contributed by atoms with E-state index >= 15 is 0 Å². The van der Waals surface area contributed by atoms with Crippen molar-refractivity contribution in [2.45, 2.75) is 64.1 Å². The maximum Gasteiger partial charge on any atom is 0.393 e. The summed E-state index contributed by atoms with van der Waals surface area (Å²) >= 11 is 0. The van der Waals surface area contributed by atoms with Crippen molar-refractivity contribution < 1.29 is 13.2 Å². The SMILES string of the molecule is CCCCCCC1NCCCC1C(F)(F)F. The first-order chi connectivity index (χ1) is 7.55. The molecule has 1 heterocycles. The highest BCUT2D eigenvalue weighted by molar-refractivity contribution is 4.85. The summed E-state index contributed by atoms with van der Waals surface area (Å²) in [4.78, 5) is 0. The van der Waals surface area contributed by atoms with Crippen LogP contribution in [0.15, 0.2) is 0 Å². The maximum atomic E-state index is 12.7. The lowest BCUT2D eigenvalue weighted by Gasteiger charge is -2.34. The van der Waals surface area contributed by atoms with Crippen molar-refractivity contribution in [3.8, 4) is 0 Å². The second-order valence-corrected chi connectivity index (χ2v) is 4.70. The molecule has 2 atom stereocenters. The molecular weight excluding hydrogens is 215 g/mol. The Morgan fingerprint density at radius 3 is 2.56 bits per heavy atom. The van der Waals surface area contributed by atoms with Crippen molar-refractivity contribution in [3.05, 3.63) is 0 Å². The highest BCUT2D eigenvalue weighted by Gasteiger charge is 2.44. The van der Waals surface area contributed by atoms with Crippen LogP contribution in [-0.2, 0) is 0 Å². The quantitative estimate of drug-likeness (QED) is 0.715. The fraction of sp³-hybridized carbons (Fsp3) is 1.00. The molecule has 0 aromatic rings. The zero-order valence-corrected chi connectivity index (χ0v) is 9.95. The molecule has 0 spiro atoms. The van der Waals surface area contributed by atoms with Crippen LogP contribution >= 0.6 is 0 Å². The third-order valence-electron chi connectivity index (χ3n) is 3.37. The van der Waals surface area contributed by atoms with E-state index in [4.69, 9.17) is 0 Å². The van der Waals surface area contributed by atoms with Gasteiger partial charge in [-0.2, -0.15) is 13.2 Å². The van der Waals surface area contributed by atoms with Crippen molar-refractivity contribution in [1.29, 1.82) is 0 Å². The van der Waals surface area contributed by atoms with E-state index < -0.39 is 12.1 Å². The van der Waals surface area contributed by atoms with Crippen LogP contribution in [0.1, 0.15) is 51.9 Å². The minimum atomic E-state index is -4.02. The van der Waals surface area contributed by atoms with Gasteiger partial charge in [-0.25, -0.2) is 0 Å². The topological polar surface area (TPSA) is 12.0 Å². The molecule has 0 aromatic carbocycles. The zero-order chi connectivity index (χ0) is 12.0. The molecular formula is C12H22F3N. The first kappa shape index (κ1) is 13.8. The standard InChI is InChI=1S/C12H22F3N/c1-2-3-4-5-8-11-10(12(13,14)15)7-6-9-16-11/h10-11,16H,2-9H2,1H3. The number of unbranched alkanes of at least 4 members (excludes halogenated alkanes) is 3. The van der Waals surface area contributed by atoms with E-state index in [-0.39, 0.29) is 6.04 Å². The van der Waals surface area contributed by atoms with Gasteiger partial charge in [-0.3, -0.25) is 0 Å². The molecule has 1 saturated heterocycles. The Balaban J connectivity index is 2.35. The molecule has 0 aliphatic carbocycles. The van der Waals surface area contributed by atoms with Gasteiger partial charge in [-0.15, -0.1) is 0 Å². The van der Waals surface area contributed by atoms with Gasteiger partial charge in [0.05, 0.1) is 5.92 Å². The molecule has 0 amide bonds. The molecule has 1 aliphatic heterocycles. The summed E-state index contributed by atoms with van der Waals surface area (Å²) in [6, 6.07) is -0.342. The molecule has 0 radical (unpaired) electrons. The highest BCUT2D eigenvalue weighted by Crippen LogP contribution is 2.35. The van der Waals surface area contributed by atoms with E-state index in [1.54, 1.807) is 0 Å². The van der Waals surface area contributed by atoms with Gasteiger partial charge in [0.1, 0.15) is 0 Å². The van der Waals surface area contributed by atoms with Gasteiger partial charge in [-0.05, 0) is 25.8 Å². The lowest BCUT2D eigenvalue weighted by Crippen LogP contribution is -2.47.